The molecule has 1 aromatic rings. The highest BCUT2D eigenvalue weighted by atomic mass is 35.5. The smallest absolute Gasteiger partial charge is 0.255 e. The first-order valence-electron chi connectivity index (χ1n) is 6.68. The number of carbonyl (C=O) groups excluding carboxylic acids is 2. The van der Waals surface area contributed by atoms with Crippen molar-refractivity contribution in [1.82, 2.24) is 10.6 Å². The van der Waals surface area contributed by atoms with E-state index in [1.807, 2.05) is 0 Å². The fourth-order valence-corrected chi connectivity index (χ4v) is 2.13. The Morgan fingerprint density at radius 1 is 1.43 bits per heavy atom. The van der Waals surface area contributed by atoms with Crippen molar-refractivity contribution in [2.45, 2.75) is 18.9 Å². The number of piperidine rings is 1. The van der Waals surface area contributed by atoms with Gasteiger partial charge in [0, 0.05) is 18.2 Å². The molecule has 0 spiro atoms. The number of halogens is 1. The fraction of sp³-hybridized carbons (Fsp3) is 0.429. The third kappa shape index (κ3) is 5.61. The topological polar surface area (TPSA) is 93.5 Å². The highest BCUT2D eigenvalue weighted by Crippen LogP contribution is 2.13. The molecule has 7 heteroatoms. The first kappa shape index (κ1) is 17.3. The van der Waals surface area contributed by atoms with Gasteiger partial charge in [-0.25, -0.2) is 0 Å². The summed E-state index contributed by atoms with van der Waals surface area (Å²) in [6.07, 6.45) is 2.04. The van der Waals surface area contributed by atoms with Crippen molar-refractivity contribution < 1.29 is 14.3 Å². The van der Waals surface area contributed by atoms with Gasteiger partial charge in [-0.1, -0.05) is 6.07 Å². The third-order valence-electron chi connectivity index (χ3n) is 3.11. The van der Waals surface area contributed by atoms with E-state index in [-0.39, 0.29) is 31.0 Å². The maximum atomic E-state index is 12.1. The normalized spacial score (nSPS) is 17.4. The number of carbonyl (C=O) groups is 2. The molecule has 0 aromatic heterocycles. The molecule has 1 aliphatic heterocycles. The van der Waals surface area contributed by atoms with Gasteiger partial charge in [-0.3, -0.25) is 9.59 Å². The first-order valence-corrected chi connectivity index (χ1v) is 6.68. The Labute approximate surface area is 129 Å². The van der Waals surface area contributed by atoms with Crippen LogP contribution in [0.25, 0.3) is 0 Å². The molecule has 2 rings (SSSR count). The van der Waals surface area contributed by atoms with E-state index in [0.717, 1.165) is 25.9 Å². The molecule has 6 nitrogen and oxygen atoms in total. The van der Waals surface area contributed by atoms with E-state index >= 15 is 0 Å². The highest BCUT2D eigenvalue weighted by molar-refractivity contribution is 5.94. The largest absolute Gasteiger partial charge is 0.484 e. The van der Waals surface area contributed by atoms with E-state index in [4.69, 9.17) is 10.5 Å². The second kappa shape index (κ2) is 8.49. The Morgan fingerprint density at radius 3 is 2.90 bits per heavy atom. The minimum atomic E-state index is -0.548. The van der Waals surface area contributed by atoms with Crippen LogP contribution in [0.5, 0.6) is 5.75 Å². The summed E-state index contributed by atoms with van der Waals surface area (Å²) in [4.78, 5) is 22.8. The number of primary amides is 1. The van der Waals surface area contributed by atoms with Crippen LogP contribution in [0, 0.1) is 0 Å². The zero-order valence-corrected chi connectivity index (χ0v) is 12.4. The average molecular weight is 314 g/mol. The Kier molecular flexibility index (Phi) is 6.98. The number of amides is 2. The van der Waals surface area contributed by atoms with E-state index in [1.165, 1.54) is 0 Å². The van der Waals surface area contributed by atoms with Crippen LogP contribution in [0.1, 0.15) is 23.2 Å². The number of hydrogen-bond donors (Lipinski definition) is 3. The summed E-state index contributed by atoms with van der Waals surface area (Å²) in [7, 11) is 0. The molecule has 2 amide bonds. The van der Waals surface area contributed by atoms with Gasteiger partial charge in [0.15, 0.2) is 6.61 Å². The molecule has 0 bridgehead atoms. The van der Waals surface area contributed by atoms with Crippen molar-refractivity contribution in [2.24, 2.45) is 5.73 Å². The van der Waals surface area contributed by atoms with Gasteiger partial charge in [0.2, 0.25) is 0 Å². The summed E-state index contributed by atoms with van der Waals surface area (Å²) in [6, 6.07) is 6.87. The van der Waals surface area contributed by atoms with Gasteiger partial charge in [0.05, 0.1) is 0 Å². The van der Waals surface area contributed by atoms with Crippen LogP contribution in [0.3, 0.4) is 0 Å². The summed E-state index contributed by atoms with van der Waals surface area (Å²) in [5.41, 5.74) is 5.52. The lowest BCUT2D eigenvalue weighted by Crippen LogP contribution is -2.45. The van der Waals surface area contributed by atoms with Crippen LogP contribution < -0.4 is 21.1 Å². The van der Waals surface area contributed by atoms with Gasteiger partial charge in [-0.15, -0.1) is 12.4 Å². The molecule has 0 unspecified atom stereocenters. The van der Waals surface area contributed by atoms with E-state index < -0.39 is 5.91 Å². The van der Waals surface area contributed by atoms with E-state index in [2.05, 4.69) is 10.6 Å². The third-order valence-corrected chi connectivity index (χ3v) is 3.11. The predicted molar refractivity (Wildman–Crippen MR) is 81.7 cm³/mol. The molecule has 1 fully saturated rings. The van der Waals surface area contributed by atoms with E-state index in [0.29, 0.717) is 11.3 Å². The van der Waals surface area contributed by atoms with Gasteiger partial charge in [-0.05, 0) is 37.6 Å². The first-order chi connectivity index (χ1) is 9.65. The van der Waals surface area contributed by atoms with Crippen molar-refractivity contribution in [3.63, 3.8) is 0 Å². The minimum absolute atomic E-state index is 0. The average Bonchev–Trinajstić information content (AvgIpc) is 2.46. The maximum absolute atomic E-state index is 12.1. The maximum Gasteiger partial charge on any atom is 0.255 e. The highest BCUT2D eigenvalue weighted by Gasteiger charge is 2.16. The summed E-state index contributed by atoms with van der Waals surface area (Å²) in [5, 5.41) is 6.22. The van der Waals surface area contributed by atoms with Gasteiger partial charge in [-0.2, -0.15) is 0 Å². The molecule has 1 heterocycles. The molecule has 1 saturated heterocycles. The Morgan fingerprint density at radius 2 is 2.24 bits per heavy atom. The molecule has 0 aliphatic carbocycles. The second-order valence-corrected chi connectivity index (χ2v) is 4.80. The van der Waals surface area contributed by atoms with Crippen LogP contribution in [-0.2, 0) is 4.79 Å². The number of hydrogen-bond acceptors (Lipinski definition) is 4. The number of ether oxygens (including phenoxy) is 1. The van der Waals surface area contributed by atoms with Crippen molar-refractivity contribution in [1.29, 1.82) is 0 Å². The molecule has 21 heavy (non-hydrogen) atoms. The molecule has 1 aromatic carbocycles. The molecular weight excluding hydrogens is 294 g/mol. The molecule has 1 aliphatic rings. The minimum Gasteiger partial charge on any atom is -0.484 e. The van der Waals surface area contributed by atoms with Crippen LogP contribution in [0.4, 0.5) is 0 Å². The lowest BCUT2D eigenvalue weighted by molar-refractivity contribution is -0.119. The molecule has 4 N–H and O–H groups in total. The van der Waals surface area contributed by atoms with E-state index in [1.54, 1.807) is 24.3 Å². The zero-order chi connectivity index (χ0) is 14.4. The summed E-state index contributed by atoms with van der Waals surface area (Å²) >= 11 is 0. The number of rotatable bonds is 5. The zero-order valence-electron chi connectivity index (χ0n) is 11.6. The Balaban J connectivity index is 0.00000220. The molecular formula is C14H20ClN3O3. The Bertz CT molecular complexity index is 490. The van der Waals surface area contributed by atoms with Gasteiger partial charge in [0.1, 0.15) is 5.75 Å². The summed E-state index contributed by atoms with van der Waals surface area (Å²) in [6.45, 7) is 1.60. The lowest BCUT2D eigenvalue weighted by Gasteiger charge is -2.23. The van der Waals surface area contributed by atoms with E-state index in [9.17, 15) is 9.59 Å². The number of nitrogens with two attached hydrogens (primary N) is 1. The lowest BCUT2D eigenvalue weighted by atomic mass is 10.1. The molecule has 116 valence electrons. The molecule has 0 saturated carbocycles. The summed E-state index contributed by atoms with van der Waals surface area (Å²) < 4.78 is 5.18. The molecule has 1 atom stereocenters. The quantitative estimate of drug-likeness (QED) is 0.736. The predicted octanol–water partition coefficient (Wildman–Crippen LogP) is 0.454. The fourth-order valence-electron chi connectivity index (χ4n) is 2.13. The number of benzene rings is 1. The number of nitrogens with one attached hydrogen (secondary N) is 2. The van der Waals surface area contributed by atoms with Crippen LogP contribution in [0.2, 0.25) is 0 Å². The van der Waals surface area contributed by atoms with Crippen molar-refractivity contribution in [3.05, 3.63) is 29.8 Å². The van der Waals surface area contributed by atoms with Crippen LogP contribution in [0.15, 0.2) is 24.3 Å². The van der Waals surface area contributed by atoms with Gasteiger partial charge in [0.25, 0.3) is 11.8 Å². The van der Waals surface area contributed by atoms with Crippen molar-refractivity contribution in [3.8, 4) is 5.75 Å². The summed E-state index contributed by atoms with van der Waals surface area (Å²) in [5.74, 6) is -0.227. The molecule has 0 radical (unpaired) electrons. The van der Waals surface area contributed by atoms with Crippen molar-refractivity contribution in [2.75, 3.05) is 19.7 Å². The standard InChI is InChI=1S/C14H19N3O3.ClH/c15-13(18)9-20-12-5-1-3-10(7-12)14(19)17-11-4-2-6-16-8-11;/h1,3,5,7,11,16H,2,4,6,8-9H2,(H2,15,18)(H,17,19);1H/t11-;/m0./s1. The van der Waals surface area contributed by atoms with Gasteiger partial charge >= 0.3 is 0 Å². The second-order valence-electron chi connectivity index (χ2n) is 4.80. The monoisotopic (exact) mass is 313 g/mol. The van der Waals surface area contributed by atoms with Crippen LogP contribution >= 0.6 is 12.4 Å². The van der Waals surface area contributed by atoms with Crippen molar-refractivity contribution >= 4 is 24.2 Å². The SMILES string of the molecule is Cl.NC(=O)COc1cccc(C(=O)N[C@H]2CCCNC2)c1. The Hall–Kier alpha value is -1.79. The van der Waals surface area contributed by atoms with Gasteiger partial charge < -0.3 is 21.1 Å². The van der Waals surface area contributed by atoms with Crippen LogP contribution in [-0.4, -0.2) is 37.6 Å².